The molecule has 0 amide bonds. The highest BCUT2D eigenvalue weighted by Crippen LogP contribution is 2.27. The number of aromatic nitrogens is 2. The van der Waals surface area contributed by atoms with Gasteiger partial charge in [0.15, 0.2) is 0 Å². The molecule has 5 nitrogen and oxygen atoms in total. The van der Waals surface area contributed by atoms with Crippen molar-refractivity contribution in [2.75, 3.05) is 0 Å². The lowest BCUT2D eigenvalue weighted by Gasteiger charge is -2.00. The van der Waals surface area contributed by atoms with E-state index in [-0.39, 0.29) is 28.8 Å². The van der Waals surface area contributed by atoms with E-state index in [2.05, 4.69) is 10.2 Å². The number of rotatable bonds is 6. The zero-order valence-corrected chi connectivity index (χ0v) is 11.5. The SMILES string of the molecule is O=C(O)CCCCc1nnc(-c2cc(F)c(Cl)cc2F)o1. The van der Waals surface area contributed by atoms with Crippen LogP contribution in [0.25, 0.3) is 11.5 Å². The van der Waals surface area contributed by atoms with Gasteiger partial charge < -0.3 is 9.52 Å². The fourth-order valence-electron chi connectivity index (χ4n) is 1.70. The summed E-state index contributed by atoms with van der Waals surface area (Å²) in [5, 5.41) is 15.5. The molecule has 2 aromatic rings. The van der Waals surface area contributed by atoms with Crippen LogP contribution in [0.15, 0.2) is 16.5 Å². The Labute approximate surface area is 123 Å². The molecule has 8 heteroatoms. The van der Waals surface area contributed by atoms with E-state index in [4.69, 9.17) is 21.1 Å². The molecule has 0 spiro atoms. The molecule has 112 valence electrons. The number of hydrogen-bond donors (Lipinski definition) is 1. The molecule has 2 rings (SSSR count). The van der Waals surface area contributed by atoms with Gasteiger partial charge in [0.1, 0.15) is 11.6 Å². The number of unbranched alkanes of at least 4 members (excludes halogenated alkanes) is 1. The number of carboxylic acid groups (broad SMARTS) is 1. The third-order valence-electron chi connectivity index (χ3n) is 2.74. The lowest BCUT2D eigenvalue weighted by molar-refractivity contribution is -0.137. The lowest BCUT2D eigenvalue weighted by Crippen LogP contribution is -1.95. The second-order valence-electron chi connectivity index (χ2n) is 4.35. The molecular weight excluding hydrogens is 306 g/mol. The molecule has 0 saturated carbocycles. The summed E-state index contributed by atoms with van der Waals surface area (Å²) in [6.45, 7) is 0. The van der Waals surface area contributed by atoms with Gasteiger partial charge in [0.05, 0.1) is 10.6 Å². The van der Waals surface area contributed by atoms with Gasteiger partial charge in [-0.25, -0.2) is 8.78 Å². The quantitative estimate of drug-likeness (QED) is 0.652. The standard InChI is InChI=1S/C13H11ClF2N2O3/c14-8-6-9(15)7(5-10(8)16)13-18-17-11(21-13)3-1-2-4-12(19)20/h5-6H,1-4H2,(H,19,20). The number of carbonyl (C=O) groups is 1. The smallest absolute Gasteiger partial charge is 0.303 e. The molecule has 1 aromatic carbocycles. The first-order valence-corrected chi connectivity index (χ1v) is 6.54. The molecular formula is C13H11ClF2N2O3. The zero-order valence-electron chi connectivity index (χ0n) is 10.8. The van der Waals surface area contributed by atoms with Crippen molar-refractivity contribution < 1.29 is 23.1 Å². The molecule has 0 atom stereocenters. The highest BCUT2D eigenvalue weighted by atomic mass is 35.5. The van der Waals surface area contributed by atoms with Crippen LogP contribution in [0.1, 0.15) is 25.2 Å². The number of aliphatic carboxylic acids is 1. The van der Waals surface area contributed by atoms with Crippen LogP contribution < -0.4 is 0 Å². The molecule has 0 aliphatic carbocycles. The van der Waals surface area contributed by atoms with Crippen LogP contribution in [-0.2, 0) is 11.2 Å². The number of aryl methyl sites for hydroxylation is 1. The molecule has 0 saturated heterocycles. The highest BCUT2D eigenvalue weighted by Gasteiger charge is 2.16. The van der Waals surface area contributed by atoms with Gasteiger partial charge in [-0.3, -0.25) is 4.79 Å². The summed E-state index contributed by atoms with van der Waals surface area (Å²) < 4.78 is 32.2. The Bertz CT molecular complexity index is 661. The maximum absolute atomic E-state index is 13.7. The summed E-state index contributed by atoms with van der Waals surface area (Å²) in [6.07, 6.45) is 1.44. The Morgan fingerprint density at radius 1 is 1.24 bits per heavy atom. The van der Waals surface area contributed by atoms with Crippen LogP contribution in [0.4, 0.5) is 8.78 Å². The van der Waals surface area contributed by atoms with Gasteiger partial charge in [-0.1, -0.05) is 11.6 Å². The molecule has 1 N–H and O–H groups in total. The molecule has 0 bridgehead atoms. The van der Waals surface area contributed by atoms with Crippen molar-refractivity contribution in [1.82, 2.24) is 10.2 Å². The monoisotopic (exact) mass is 316 g/mol. The predicted molar refractivity (Wildman–Crippen MR) is 69.9 cm³/mol. The Kier molecular flexibility index (Phi) is 4.85. The molecule has 0 radical (unpaired) electrons. The fraction of sp³-hybridized carbons (Fsp3) is 0.308. The van der Waals surface area contributed by atoms with Gasteiger partial charge in [-0.15, -0.1) is 10.2 Å². The van der Waals surface area contributed by atoms with Crippen molar-refractivity contribution in [2.24, 2.45) is 0 Å². The average Bonchev–Trinajstić information content (AvgIpc) is 2.87. The summed E-state index contributed by atoms with van der Waals surface area (Å²) in [4.78, 5) is 10.4. The van der Waals surface area contributed by atoms with Crippen LogP contribution in [0.2, 0.25) is 5.02 Å². The van der Waals surface area contributed by atoms with E-state index in [0.717, 1.165) is 12.1 Å². The van der Waals surface area contributed by atoms with Gasteiger partial charge >= 0.3 is 5.97 Å². The maximum Gasteiger partial charge on any atom is 0.303 e. The van der Waals surface area contributed by atoms with E-state index in [9.17, 15) is 13.6 Å². The highest BCUT2D eigenvalue weighted by molar-refractivity contribution is 6.30. The molecule has 0 unspecified atom stereocenters. The number of hydrogen-bond acceptors (Lipinski definition) is 4. The summed E-state index contributed by atoms with van der Waals surface area (Å²) in [5.41, 5.74) is -0.166. The van der Waals surface area contributed by atoms with Crippen molar-refractivity contribution in [3.05, 3.63) is 34.7 Å². The predicted octanol–water partition coefficient (Wildman–Crippen LogP) is 3.47. The second-order valence-corrected chi connectivity index (χ2v) is 4.76. The summed E-state index contributed by atoms with van der Waals surface area (Å²) in [6, 6.07) is 1.72. The van der Waals surface area contributed by atoms with E-state index >= 15 is 0 Å². The number of halogens is 3. The summed E-state index contributed by atoms with van der Waals surface area (Å²) in [5.74, 6) is -2.32. The first kappa shape index (κ1) is 15.4. The van der Waals surface area contributed by atoms with E-state index in [1.807, 2.05) is 0 Å². The number of benzene rings is 1. The van der Waals surface area contributed by atoms with Crippen LogP contribution in [-0.4, -0.2) is 21.3 Å². The van der Waals surface area contributed by atoms with E-state index in [0.29, 0.717) is 19.3 Å². The third-order valence-corrected chi connectivity index (χ3v) is 3.03. The van der Waals surface area contributed by atoms with Gasteiger partial charge in [0.25, 0.3) is 5.89 Å². The van der Waals surface area contributed by atoms with Crippen LogP contribution in [0.5, 0.6) is 0 Å². The van der Waals surface area contributed by atoms with Gasteiger partial charge in [0, 0.05) is 12.8 Å². The molecule has 0 fully saturated rings. The first-order chi connectivity index (χ1) is 9.97. The van der Waals surface area contributed by atoms with Gasteiger partial charge in [0.2, 0.25) is 5.89 Å². The largest absolute Gasteiger partial charge is 0.481 e. The van der Waals surface area contributed by atoms with E-state index in [1.54, 1.807) is 0 Å². The normalized spacial score (nSPS) is 10.8. The topological polar surface area (TPSA) is 76.2 Å². The molecule has 21 heavy (non-hydrogen) atoms. The Hall–Kier alpha value is -2.02. The summed E-state index contributed by atoms with van der Waals surface area (Å²) >= 11 is 5.46. The molecule has 1 aromatic heterocycles. The number of nitrogens with zero attached hydrogens (tertiary/aromatic N) is 2. The number of carboxylic acids is 1. The Morgan fingerprint density at radius 3 is 2.71 bits per heavy atom. The van der Waals surface area contributed by atoms with Crippen molar-refractivity contribution in [2.45, 2.75) is 25.7 Å². The Balaban J connectivity index is 2.06. The van der Waals surface area contributed by atoms with E-state index < -0.39 is 17.6 Å². The molecule has 1 heterocycles. The second kappa shape index (κ2) is 6.62. The van der Waals surface area contributed by atoms with Crippen LogP contribution in [0, 0.1) is 11.6 Å². The van der Waals surface area contributed by atoms with Gasteiger partial charge in [-0.2, -0.15) is 0 Å². The minimum Gasteiger partial charge on any atom is -0.481 e. The van der Waals surface area contributed by atoms with Crippen LogP contribution in [0.3, 0.4) is 0 Å². The molecule has 0 aliphatic heterocycles. The lowest BCUT2D eigenvalue weighted by atomic mass is 10.2. The van der Waals surface area contributed by atoms with Gasteiger partial charge in [-0.05, 0) is 25.0 Å². The zero-order chi connectivity index (χ0) is 15.4. The van der Waals surface area contributed by atoms with Crippen molar-refractivity contribution >= 4 is 17.6 Å². The minimum atomic E-state index is -0.875. The maximum atomic E-state index is 13.7. The van der Waals surface area contributed by atoms with Crippen molar-refractivity contribution in [1.29, 1.82) is 0 Å². The Morgan fingerprint density at radius 2 is 2.00 bits per heavy atom. The average molecular weight is 317 g/mol. The van der Waals surface area contributed by atoms with Crippen molar-refractivity contribution in [3.63, 3.8) is 0 Å². The van der Waals surface area contributed by atoms with Crippen LogP contribution >= 0.6 is 11.6 Å². The fourth-order valence-corrected chi connectivity index (χ4v) is 1.85. The minimum absolute atomic E-state index is 0.0536. The van der Waals surface area contributed by atoms with Crippen molar-refractivity contribution in [3.8, 4) is 11.5 Å². The third kappa shape index (κ3) is 3.98. The van der Waals surface area contributed by atoms with E-state index in [1.165, 1.54) is 0 Å². The molecule has 0 aliphatic rings. The first-order valence-electron chi connectivity index (χ1n) is 6.16. The summed E-state index contributed by atoms with van der Waals surface area (Å²) in [7, 11) is 0.